The average molecular weight is 228 g/mol. The third-order valence-corrected chi connectivity index (χ3v) is 4.02. The summed E-state index contributed by atoms with van der Waals surface area (Å²) >= 11 is 7.86. The Morgan fingerprint density at radius 1 is 1.36 bits per heavy atom. The number of nitrogens with one attached hydrogen (secondary N) is 1. The molecule has 1 aromatic carbocycles. The van der Waals surface area contributed by atoms with Crippen molar-refractivity contribution >= 4 is 29.1 Å². The molecule has 1 heterocycles. The number of rotatable bonds is 2. The molecule has 14 heavy (non-hydrogen) atoms. The molecular weight excluding hydrogens is 214 g/mol. The van der Waals surface area contributed by atoms with Crippen LogP contribution in [0.1, 0.15) is 13.3 Å². The molecule has 0 radical (unpaired) electrons. The molecule has 1 aromatic rings. The standard InChI is InChI=1S/C11H14ClNS/c1-8-6-11(7-14-8)13-10-4-2-9(12)3-5-10/h2-5,8,11,13H,6-7H2,1H3. The van der Waals surface area contributed by atoms with E-state index in [2.05, 4.69) is 12.2 Å². The Labute approximate surface area is 94.2 Å². The summed E-state index contributed by atoms with van der Waals surface area (Å²) in [5.74, 6) is 1.21. The molecule has 0 saturated carbocycles. The van der Waals surface area contributed by atoms with E-state index >= 15 is 0 Å². The third-order valence-electron chi connectivity index (χ3n) is 2.41. The van der Waals surface area contributed by atoms with Crippen molar-refractivity contribution in [1.29, 1.82) is 0 Å². The first kappa shape index (κ1) is 10.2. The van der Waals surface area contributed by atoms with Crippen LogP contribution in [-0.2, 0) is 0 Å². The third kappa shape index (κ3) is 2.58. The highest BCUT2D eigenvalue weighted by Gasteiger charge is 2.21. The van der Waals surface area contributed by atoms with E-state index in [0.717, 1.165) is 10.3 Å². The van der Waals surface area contributed by atoms with Crippen LogP contribution >= 0.6 is 23.4 Å². The molecule has 2 unspecified atom stereocenters. The molecule has 0 bridgehead atoms. The van der Waals surface area contributed by atoms with Gasteiger partial charge in [-0.15, -0.1) is 0 Å². The lowest BCUT2D eigenvalue weighted by Gasteiger charge is -2.12. The lowest BCUT2D eigenvalue weighted by Crippen LogP contribution is -2.18. The van der Waals surface area contributed by atoms with Crippen LogP contribution in [0.3, 0.4) is 0 Å². The highest BCUT2D eigenvalue weighted by atomic mass is 35.5. The monoisotopic (exact) mass is 227 g/mol. The Bertz CT molecular complexity index is 299. The van der Waals surface area contributed by atoms with Crippen LogP contribution in [0.2, 0.25) is 5.02 Å². The average Bonchev–Trinajstić information content (AvgIpc) is 2.56. The summed E-state index contributed by atoms with van der Waals surface area (Å²) in [5.41, 5.74) is 1.18. The first-order chi connectivity index (χ1) is 6.74. The summed E-state index contributed by atoms with van der Waals surface area (Å²) in [5, 5.41) is 5.11. The van der Waals surface area contributed by atoms with Gasteiger partial charge in [0.05, 0.1) is 0 Å². The second-order valence-corrected chi connectivity index (χ2v) is 5.64. The van der Waals surface area contributed by atoms with E-state index in [-0.39, 0.29) is 0 Å². The number of thioether (sulfide) groups is 1. The lowest BCUT2D eigenvalue weighted by atomic mass is 10.2. The van der Waals surface area contributed by atoms with E-state index < -0.39 is 0 Å². The van der Waals surface area contributed by atoms with Crippen LogP contribution in [0.25, 0.3) is 0 Å². The zero-order chi connectivity index (χ0) is 9.97. The molecule has 0 aromatic heterocycles. The maximum atomic E-state index is 5.82. The fourth-order valence-electron chi connectivity index (χ4n) is 1.70. The van der Waals surface area contributed by atoms with Crippen LogP contribution in [0.4, 0.5) is 5.69 Å². The fraction of sp³-hybridized carbons (Fsp3) is 0.455. The van der Waals surface area contributed by atoms with Crippen molar-refractivity contribution in [3.05, 3.63) is 29.3 Å². The van der Waals surface area contributed by atoms with Crippen molar-refractivity contribution in [1.82, 2.24) is 0 Å². The van der Waals surface area contributed by atoms with E-state index in [4.69, 9.17) is 11.6 Å². The quantitative estimate of drug-likeness (QED) is 0.828. The molecule has 3 heteroatoms. The lowest BCUT2D eigenvalue weighted by molar-refractivity contribution is 0.747. The molecule has 1 saturated heterocycles. The summed E-state index contributed by atoms with van der Waals surface area (Å²) < 4.78 is 0. The molecule has 1 N–H and O–H groups in total. The van der Waals surface area contributed by atoms with Crippen LogP contribution in [-0.4, -0.2) is 17.0 Å². The number of halogens is 1. The van der Waals surface area contributed by atoms with Gasteiger partial charge in [0.25, 0.3) is 0 Å². The van der Waals surface area contributed by atoms with Crippen LogP contribution in [0.5, 0.6) is 0 Å². The smallest absolute Gasteiger partial charge is 0.0407 e. The second kappa shape index (κ2) is 4.45. The van der Waals surface area contributed by atoms with Crippen molar-refractivity contribution in [2.24, 2.45) is 0 Å². The molecule has 2 rings (SSSR count). The topological polar surface area (TPSA) is 12.0 Å². The zero-order valence-electron chi connectivity index (χ0n) is 8.16. The summed E-state index contributed by atoms with van der Waals surface area (Å²) in [6.07, 6.45) is 1.26. The number of benzene rings is 1. The van der Waals surface area contributed by atoms with Gasteiger partial charge in [-0.05, 0) is 30.7 Å². The Hall–Kier alpha value is -0.340. The van der Waals surface area contributed by atoms with Gasteiger partial charge < -0.3 is 5.32 Å². The van der Waals surface area contributed by atoms with Crippen LogP contribution in [0, 0.1) is 0 Å². The molecular formula is C11H14ClNS. The van der Waals surface area contributed by atoms with Gasteiger partial charge in [0.15, 0.2) is 0 Å². The number of hydrogen-bond acceptors (Lipinski definition) is 2. The van der Waals surface area contributed by atoms with Crippen molar-refractivity contribution in [3.63, 3.8) is 0 Å². The zero-order valence-corrected chi connectivity index (χ0v) is 9.74. The molecule has 76 valence electrons. The van der Waals surface area contributed by atoms with E-state index in [0.29, 0.717) is 6.04 Å². The summed E-state index contributed by atoms with van der Waals surface area (Å²) in [6.45, 7) is 2.29. The van der Waals surface area contributed by atoms with Gasteiger partial charge in [-0.2, -0.15) is 11.8 Å². The number of hydrogen-bond donors (Lipinski definition) is 1. The van der Waals surface area contributed by atoms with Gasteiger partial charge in [0, 0.05) is 27.8 Å². The van der Waals surface area contributed by atoms with Gasteiger partial charge >= 0.3 is 0 Å². The van der Waals surface area contributed by atoms with Crippen molar-refractivity contribution < 1.29 is 0 Å². The Morgan fingerprint density at radius 2 is 2.07 bits per heavy atom. The summed E-state index contributed by atoms with van der Waals surface area (Å²) in [7, 11) is 0. The fourth-order valence-corrected chi connectivity index (χ4v) is 2.97. The maximum absolute atomic E-state index is 5.82. The minimum atomic E-state index is 0.621. The normalized spacial score (nSPS) is 26.4. The largest absolute Gasteiger partial charge is 0.381 e. The van der Waals surface area contributed by atoms with E-state index in [1.807, 2.05) is 36.0 Å². The van der Waals surface area contributed by atoms with Gasteiger partial charge in [0.1, 0.15) is 0 Å². The molecule has 0 aliphatic carbocycles. The Morgan fingerprint density at radius 3 is 2.64 bits per heavy atom. The second-order valence-electron chi connectivity index (χ2n) is 3.73. The van der Waals surface area contributed by atoms with Gasteiger partial charge in [0.2, 0.25) is 0 Å². The molecule has 0 amide bonds. The van der Waals surface area contributed by atoms with Crippen LogP contribution in [0.15, 0.2) is 24.3 Å². The highest BCUT2D eigenvalue weighted by Crippen LogP contribution is 2.28. The van der Waals surface area contributed by atoms with Gasteiger partial charge in [-0.1, -0.05) is 18.5 Å². The van der Waals surface area contributed by atoms with Gasteiger partial charge in [-0.25, -0.2) is 0 Å². The van der Waals surface area contributed by atoms with E-state index in [1.165, 1.54) is 17.9 Å². The molecule has 1 nitrogen and oxygen atoms in total. The summed E-state index contributed by atoms with van der Waals surface area (Å²) in [6, 6.07) is 8.55. The molecule has 2 atom stereocenters. The summed E-state index contributed by atoms with van der Waals surface area (Å²) in [4.78, 5) is 0. The van der Waals surface area contributed by atoms with E-state index in [1.54, 1.807) is 0 Å². The number of anilines is 1. The predicted octanol–water partition coefficient (Wildman–Crippen LogP) is 3.65. The van der Waals surface area contributed by atoms with Crippen molar-refractivity contribution in [2.75, 3.05) is 11.1 Å². The minimum absolute atomic E-state index is 0.621. The molecule has 1 aliphatic heterocycles. The minimum Gasteiger partial charge on any atom is -0.381 e. The maximum Gasteiger partial charge on any atom is 0.0407 e. The Kier molecular flexibility index (Phi) is 3.24. The van der Waals surface area contributed by atoms with Crippen molar-refractivity contribution in [2.45, 2.75) is 24.6 Å². The van der Waals surface area contributed by atoms with Crippen LogP contribution < -0.4 is 5.32 Å². The van der Waals surface area contributed by atoms with E-state index in [9.17, 15) is 0 Å². The molecule has 1 fully saturated rings. The first-order valence-corrected chi connectivity index (χ1v) is 6.30. The molecule has 1 aliphatic rings. The molecule has 0 spiro atoms. The first-order valence-electron chi connectivity index (χ1n) is 4.88. The predicted molar refractivity (Wildman–Crippen MR) is 65.4 cm³/mol. The SMILES string of the molecule is CC1CC(Nc2ccc(Cl)cc2)CS1. The highest BCUT2D eigenvalue weighted by molar-refractivity contribution is 8.00. The Balaban J connectivity index is 1.94. The van der Waals surface area contributed by atoms with Crippen molar-refractivity contribution in [3.8, 4) is 0 Å². The van der Waals surface area contributed by atoms with Gasteiger partial charge in [-0.3, -0.25) is 0 Å².